The van der Waals surface area contributed by atoms with Crippen LogP contribution in [0.15, 0.2) is 46.3 Å². The van der Waals surface area contributed by atoms with Crippen LogP contribution in [0.25, 0.3) is 10.8 Å². The summed E-state index contributed by atoms with van der Waals surface area (Å²) in [6, 6.07) is 11.9. The molecule has 0 radical (unpaired) electrons. The van der Waals surface area contributed by atoms with Gasteiger partial charge in [-0.2, -0.15) is 5.10 Å². The summed E-state index contributed by atoms with van der Waals surface area (Å²) in [5.41, 5.74) is 4.46. The number of aromatic nitrogens is 3. The lowest BCUT2D eigenvalue weighted by molar-refractivity contribution is 0.415. The van der Waals surface area contributed by atoms with Crippen LogP contribution in [0.4, 0.5) is 5.95 Å². The zero-order chi connectivity index (χ0) is 17.1. The Hall–Kier alpha value is -3.22. The zero-order valence-electron chi connectivity index (χ0n) is 13.6. The second kappa shape index (κ2) is 6.49. The van der Waals surface area contributed by atoms with Gasteiger partial charge in [0, 0.05) is 0 Å². The molecule has 0 spiro atoms. The number of hydrogen-bond donors (Lipinski definition) is 2. The first-order valence-corrected chi connectivity index (χ1v) is 7.39. The molecule has 7 heteroatoms. The van der Waals surface area contributed by atoms with Crippen LogP contribution in [0, 0.1) is 6.92 Å². The molecule has 122 valence electrons. The van der Waals surface area contributed by atoms with Crippen molar-refractivity contribution in [2.45, 2.75) is 13.8 Å². The van der Waals surface area contributed by atoms with Crippen LogP contribution in [0.5, 0.6) is 5.75 Å². The molecule has 7 nitrogen and oxygen atoms in total. The Morgan fingerprint density at radius 1 is 1.17 bits per heavy atom. The van der Waals surface area contributed by atoms with E-state index >= 15 is 0 Å². The SMILES string of the molecule is COc1ccc2cc(/C(C)=N/Nc3nnc(C)c(=O)[nH]3)ccc2c1. The third kappa shape index (κ3) is 3.24. The predicted molar refractivity (Wildman–Crippen MR) is 93.7 cm³/mol. The average molecular weight is 323 g/mol. The van der Waals surface area contributed by atoms with Crippen LogP contribution in [0.2, 0.25) is 0 Å². The molecule has 0 aliphatic rings. The first-order valence-electron chi connectivity index (χ1n) is 7.39. The summed E-state index contributed by atoms with van der Waals surface area (Å²) in [4.78, 5) is 14.1. The van der Waals surface area contributed by atoms with Crippen molar-refractivity contribution in [1.29, 1.82) is 0 Å². The molecule has 0 aliphatic heterocycles. The van der Waals surface area contributed by atoms with Crippen LogP contribution in [0.1, 0.15) is 18.2 Å². The van der Waals surface area contributed by atoms with Crippen LogP contribution in [0.3, 0.4) is 0 Å². The van der Waals surface area contributed by atoms with Crippen LogP contribution in [-0.2, 0) is 0 Å². The first-order chi connectivity index (χ1) is 11.6. The third-order valence-electron chi connectivity index (χ3n) is 3.66. The van der Waals surface area contributed by atoms with Gasteiger partial charge in [-0.25, -0.2) is 5.43 Å². The minimum absolute atomic E-state index is 0.204. The van der Waals surface area contributed by atoms with Gasteiger partial charge in [0.05, 0.1) is 12.8 Å². The Morgan fingerprint density at radius 3 is 2.67 bits per heavy atom. The zero-order valence-corrected chi connectivity index (χ0v) is 13.6. The quantitative estimate of drug-likeness (QED) is 0.568. The Morgan fingerprint density at radius 2 is 1.92 bits per heavy atom. The molecule has 0 saturated carbocycles. The van der Waals surface area contributed by atoms with E-state index in [1.54, 1.807) is 14.0 Å². The molecular formula is C17H17N5O2. The maximum absolute atomic E-state index is 11.5. The van der Waals surface area contributed by atoms with Crippen molar-refractivity contribution < 1.29 is 4.74 Å². The number of methoxy groups -OCH3 is 1. The van der Waals surface area contributed by atoms with Gasteiger partial charge in [-0.1, -0.05) is 18.2 Å². The van der Waals surface area contributed by atoms with Crippen molar-refractivity contribution in [3.63, 3.8) is 0 Å². The van der Waals surface area contributed by atoms with Gasteiger partial charge in [0.2, 0.25) is 5.95 Å². The molecule has 0 fully saturated rings. The fourth-order valence-electron chi connectivity index (χ4n) is 2.22. The van der Waals surface area contributed by atoms with Crippen molar-refractivity contribution in [1.82, 2.24) is 15.2 Å². The van der Waals surface area contributed by atoms with Gasteiger partial charge in [0.15, 0.2) is 0 Å². The van der Waals surface area contributed by atoms with Gasteiger partial charge in [-0.15, -0.1) is 10.2 Å². The Balaban J connectivity index is 1.85. The topological polar surface area (TPSA) is 92.3 Å². The minimum Gasteiger partial charge on any atom is -0.497 e. The fraction of sp³-hybridized carbons (Fsp3) is 0.176. The number of rotatable bonds is 4. The summed E-state index contributed by atoms with van der Waals surface area (Å²) in [6.07, 6.45) is 0. The van der Waals surface area contributed by atoms with Crippen molar-refractivity contribution in [2.24, 2.45) is 5.10 Å². The number of hydrogen-bond acceptors (Lipinski definition) is 6. The van der Waals surface area contributed by atoms with E-state index in [0.717, 1.165) is 27.8 Å². The van der Waals surface area contributed by atoms with Crippen LogP contribution >= 0.6 is 0 Å². The molecular weight excluding hydrogens is 306 g/mol. The van der Waals surface area contributed by atoms with Crippen molar-refractivity contribution in [3.05, 3.63) is 58.0 Å². The molecule has 0 bridgehead atoms. The number of ether oxygens (including phenoxy) is 1. The lowest BCUT2D eigenvalue weighted by Gasteiger charge is -2.06. The summed E-state index contributed by atoms with van der Waals surface area (Å²) in [5, 5.41) is 14.0. The number of hydrazone groups is 1. The highest BCUT2D eigenvalue weighted by Gasteiger charge is 2.03. The summed E-state index contributed by atoms with van der Waals surface area (Å²) >= 11 is 0. The van der Waals surface area contributed by atoms with Gasteiger partial charge >= 0.3 is 0 Å². The van der Waals surface area contributed by atoms with E-state index < -0.39 is 0 Å². The number of benzene rings is 2. The molecule has 0 aliphatic carbocycles. The van der Waals surface area contributed by atoms with E-state index in [0.29, 0.717) is 5.69 Å². The predicted octanol–water partition coefficient (Wildman–Crippen LogP) is 2.47. The molecule has 2 N–H and O–H groups in total. The van der Waals surface area contributed by atoms with Gasteiger partial charge in [0.1, 0.15) is 11.4 Å². The molecule has 0 unspecified atom stereocenters. The number of nitrogens with one attached hydrogen (secondary N) is 2. The minimum atomic E-state index is -0.292. The molecule has 0 atom stereocenters. The van der Waals surface area contributed by atoms with Gasteiger partial charge in [-0.3, -0.25) is 9.78 Å². The van der Waals surface area contributed by atoms with E-state index in [2.05, 4.69) is 25.7 Å². The fourth-order valence-corrected chi connectivity index (χ4v) is 2.22. The molecule has 3 rings (SSSR count). The van der Waals surface area contributed by atoms with Crippen molar-refractivity contribution in [3.8, 4) is 5.75 Å². The number of nitrogens with zero attached hydrogens (tertiary/aromatic N) is 3. The second-order valence-electron chi connectivity index (χ2n) is 5.33. The third-order valence-corrected chi connectivity index (χ3v) is 3.66. The van der Waals surface area contributed by atoms with Crippen LogP contribution < -0.4 is 15.7 Å². The van der Waals surface area contributed by atoms with E-state index in [1.165, 1.54) is 0 Å². The normalized spacial score (nSPS) is 11.5. The summed E-state index contributed by atoms with van der Waals surface area (Å²) in [7, 11) is 1.65. The number of aryl methyl sites for hydroxylation is 1. The lowest BCUT2D eigenvalue weighted by atomic mass is 10.0. The van der Waals surface area contributed by atoms with E-state index in [4.69, 9.17) is 4.74 Å². The maximum Gasteiger partial charge on any atom is 0.274 e. The monoisotopic (exact) mass is 323 g/mol. The molecule has 1 heterocycles. The maximum atomic E-state index is 11.5. The first kappa shape index (κ1) is 15.7. The Kier molecular flexibility index (Phi) is 4.24. The highest BCUT2D eigenvalue weighted by Crippen LogP contribution is 2.22. The standard InChI is InChI=1S/C17H17N5O2/c1-10(19-21-17-18-16(23)11(2)20-22-17)12-4-5-14-9-15(24-3)7-6-13(14)8-12/h4-9H,1-3H3,(H2,18,21,22,23)/b19-10+. The molecule has 0 amide bonds. The summed E-state index contributed by atoms with van der Waals surface area (Å²) in [6.45, 7) is 3.46. The van der Waals surface area contributed by atoms with E-state index in [9.17, 15) is 4.79 Å². The van der Waals surface area contributed by atoms with Crippen LogP contribution in [-0.4, -0.2) is 28.0 Å². The number of anilines is 1. The summed E-state index contributed by atoms with van der Waals surface area (Å²) < 4.78 is 5.23. The lowest BCUT2D eigenvalue weighted by Crippen LogP contribution is -2.16. The van der Waals surface area contributed by atoms with E-state index in [1.807, 2.05) is 43.3 Å². The van der Waals surface area contributed by atoms with Crippen molar-refractivity contribution >= 4 is 22.4 Å². The van der Waals surface area contributed by atoms with Gasteiger partial charge in [0.25, 0.3) is 5.56 Å². The molecule has 0 saturated heterocycles. The Bertz CT molecular complexity index is 978. The Labute approximate surface area is 138 Å². The van der Waals surface area contributed by atoms with E-state index in [-0.39, 0.29) is 11.5 Å². The number of aromatic amines is 1. The van der Waals surface area contributed by atoms with Crippen molar-refractivity contribution in [2.75, 3.05) is 12.5 Å². The number of fused-ring (bicyclic) bond motifs is 1. The largest absolute Gasteiger partial charge is 0.497 e. The second-order valence-corrected chi connectivity index (χ2v) is 5.33. The summed E-state index contributed by atoms with van der Waals surface area (Å²) in [5.74, 6) is 1.03. The number of H-pyrrole nitrogens is 1. The smallest absolute Gasteiger partial charge is 0.274 e. The average Bonchev–Trinajstić information content (AvgIpc) is 2.61. The highest BCUT2D eigenvalue weighted by atomic mass is 16.5. The van der Waals surface area contributed by atoms with Gasteiger partial charge in [-0.05, 0) is 48.4 Å². The molecule has 3 aromatic rings. The molecule has 24 heavy (non-hydrogen) atoms. The molecule has 2 aromatic carbocycles. The highest BCUT2D eigenvalue weighted by molar-refractivity contribution is 6.02. The molecule has 1 aromatic heterocycles. The van der Waals surface area contributed by atoms with Gasteiger partial charge < -0.3 is 4.74 Å².